The third-order valence-electron chi connectivity index (χ3n) is 6.12. The van der Waals surface area contributed by atoms with Gasteiger partial charge in [0.15, 0.2) is 11.5 Å². The predicted octanol–water partition coefficient (Wildman–Crippen LogP) is 4.80. The highest BCUT2D eigenvalue weighted by atomic mass is 16.7. The number of fused-ring (bicyclic) bond motifs is 1. The zero-order valence-electron chi connectivity index (χ0n) is 23.7. The predicted molar refractivity (Wildman–Crippen MR) is 142 cm³/mol. The number of carbonyl (C=O) groups is 2. The van der Waals surface area contributed by atoms with Gasteiger partial charge in [0.25, 0.3) is 0 Å². The molecular weight excluding hydrogens is 462 g/mol. The second-order valence-corrected chi connectivity index (χ2v) is 10.1. The highest BCUT2D eigenvalue weighted by molar-refractivity contribution is 5.78. The van der Waals surface area contributed by atoms with Gasteiger partial charge in [0.2, 0.25) is 12.7 Å². The first-order chi connectivity index (χ1) is 16.8. The lowest BCUT2D eigenvalue weighted by molar-refractivity contribution is -0.157. The van der Waals surface area contributed by atoms with Gasteiger partial charge in [0.1, 0.15) is 12.7 Å². The van der Waals surface area contributed by atoms with Gasteiger partial charge < -0.3 is 29.7 Å². The Bertz CT molecular complexity index is 779. The van der Waals surface area contributed by atoms with Crippen molar-refractivity contribution in [1.29, 1.82) is 0 Å². The molecule has 1 aliphatic heterocycles. The van der Waals surface area contributed by atoms with Gasteiger partial charge in [-0.25, -0.2) is 0 Å². The van der Waals surface area contributed by atoms with Crippen LogP contribution >= 0.6 is 0 Å². The maximum absolute atomic E-state index is 11.3. The average Bonchev–Trinajstić information content (AvgIpc) is 3.34. The monoisotopic (exact) mass is 511 g/mol. The molecule has 1 amide bonds. The molecule has 8 heteroatoms. The van der Waals surface area contributed by atoms with Crippen molar-refractivity contribution in [3.05, 3.63) is 23.8 Å². The zero-order valence-corrected chi connectivity index (χ0v) is 23.7. The molecule has 0 saturated carbocycles. The van der Waals surface area contributed by atoms with E-state index in [4.69, 9.17) is 24.4 Å². The maximum Gasteiger partial charge on any atom is 0.311 e. The van der Waals surface area contributed by atoms with Gasteiger partial charge >= 0.3 is 5.97 Å². The molecule has 1 heterocycles. The number of nitrogens with one attached hydrogen (secondary N) is 1. The lowest BCUT2D eigenvalue weighted by atomic mass is 9.91. The van der Waals surface area contributed by atoms with E-state index in [2.05, 4.69) is 31.3 Å². The summed E-state index contributed by atoms with van der Waals surface area (Å²) in [6.45, 7) is 17.6. The number of aliphatic hydroxyl groups excluding tert-OH is 2. The van der Waals surface area contributed by atoms with Crippen molar-refractivity contribution >= 4 is 11.9 Å². The molecule has 0 spiro atoms. The number of aliphatic hydroxyl groups is 2. The maximum atomic E-state index is 11.3. The van der Waals surface area contributed by atoms with Crippen molar-refractivity contribution in [2.24, 2.45) is 11.3 Å². The van der Waals surface area contributed by atoms with Crippen LogP contribution < -0.4 is 14.8 Å². The Hall–Kier alpha value is -2.32. The number of hydrogen-bond acceptors (Lipinski definition) is 7. The van der Waals surface area contributed by atoms with Gasteiger partial charge in [-0.2, -0.15) is 0 Å². The summed E-state index contributed by atoms with van der Waals surface area (Å²) >= 11 is 0. The number of amides is 1. The molecular formula is C28H49NO7. The number of benzene rings is 1. The molecule has 3 unspecified atom stereocenters. The number of hydrogen-bond donors (Lipinski definition) is 3. The molecule has 0 aliphatic carbocycles. The highest BCUT2D eigenvalue weighted by Gasteiger charge is 2.27. The van der Waals surface area contributed by atoms with Crippen LogP contribution in [0, 0.1) is 11.3 Å². The van der Waals surface area contributed by atoms with E-state index in [-0.39, 0.29) is 37.0 Å². The van der Waals surface area contributed by atoms with E-state index in [1.807, 2.05) is 40.7 Å². The molecule has 1 aromatic rings. The molecule has 1 aliphatic rings. The van der Waals surface area contributed by atoms with E-state index in [0.29, 0.717) is 19.1 Å². The third-order valence-corrected chi connectivity index (χ3v) is 6.12. The molecule has 8 nitrogen and oxygen atoms in total. The smallest absolute Gasteiger partial charge is 0.311 e. The molecule has 0 fully saturated rings. The van der Waals surface area contributed by atoms with Crippen molar-refractivity contribution in [2.75, 3.05) is 20.0 Å². The molecule has 0 bridgehead atoms. The van der Waals surface area contributed by atoms with Crippen molar-refractivity contribution in [3.8, 4) is 11.5 Å². The summed E-state index contributed by atoms with van der Waals surface area (Å²) in [5, 5.41) is 20.2. The number of rotatable bonds is 10. The molecule has 2 rings (SSSR count). The summed E-state index contributed by atoms with van der Waals surface area (Å²) in [5.41, 5.74) is 0.807. The zero-order chi connectivity index (χ0) is 27.9. The first-order valence-corrected chi connectivity index (χ1v) is 13.0. The van der Waals surface area contributed by atoms with Crippen molar-refractivity contribution in [1.82, 2.24) is 5.32 Å². The molecule has 0 aromatic heterocycles. The Kier molecular flexibility index (Phi) is 16.1. The van der Waals surface area contributed by atoms with Crippen LogP contribution in [0.5, 0.6) is 11.5 Å². The van der Waals surface area contributed by atoms with Gasteiger partial charge in [-0.1, -0.05) is 40.7 Å². The van der Waals surface area contributed by atoms with Gasteiger partial charge in [-0.3, -0.25) is 9.59 Å². The number of ether oxygens (including phenoxy) is 3. The van der Waals surface area contributed by atoms with E-state index in [1.165, 1.54) is 5.56 Å². The lowest BCUT2D eigenvalue weighted by Crippen LogP contribution is -2.34. The van der Waals surface area contributed by atoms with Crippen LogP contribution in [0.15, 0.2) is 18.2 Å². The van der Waals surface area contributed by atoms with Crippen molar-refractivity contribution in [3.63, 3.8) is 0 Å². The molecule has 208 valence electrons. The van der Waals surface area contributed by atoms with Gasteiger partial charge in [0.05, 0.1) is 12.0 Å². The van der Waals surface area contributed by atoms with Crippen LogP contribution in [0.25, 0.3) is 0 Å². The van der Waals surface area contributed by atoms with Gasteiger partial charge in [0, 0.05) is 12.0 Å². The van der Waals surface area contributed by atoms with E-state index in [0.717, 1.165) is 24.3 Å². The van der Waals surface area contributed by atoms with Crippen molar-refractivity contribution in [2.45, 2.75) is 99.6 Å². The standard InChI is InChI=1S/C11H14O2.C9H18O4.C8H17NO/c1-3-8(2)9-4-5-10-11(6-9)13-7-12-10;1-4-9(2,3)8(12)13-6-7(11)5-10;1-5-7(4)8(10)9-6(2)3/h4-6,8H,3,7H2,1-2H3;7,10-11H,4-6H2,1-3H3;6-7H,5H2,1-4H3,(H,9,10). The number of carbonyl (C=O) groups excluding carboxylic acids is 2. The first-order valence-electron chi connectivity index (χ1n) is 13.0. The summed E-state index contributed by atoms with van der Waals surface area (Å²) < 4.78 is 15.4. The third kappa shape index (κ3) is 12.6. The van der Waals surface area contributed by atoms with Crippen LogP contribution in [0.4, 0.5) is 0 Å². The summed E-state index contributed by atoms with van der Waals surface area (Å²) in [6.07, 6.45) is 1.77. The molecule has 0 radical (unpaired) electrons. The van der Waals surface area contributed by atoms with E-state index < -0.39 is 11.5 Å². The Morgan fingerprint density at radius 3 is 2.17 bits per heavy atom. The summed E-state index contributed by atoms with van der Waals surface area (Å²) in [5.74, 6) is 2.32. The molecule has 0 saturated heterocycles. The molecule has 1 aromatic carbocycles. The number of esters is 1. The quantitative estimate of drug-likeness (QED) is 0.386. The van der Waals surface area contributed by atoms with Crippen LogP contribution in [-0.2, 0) is 14.3 Å². The van der Waals surface area contributed by atoms with Crippen molar-refractivity contribution < 1.29 is 34.0 Å². The highest BCUT2D eigenvalue weighted by Crippen LogP contribution is 2.35. The second kappa shape index (κ2) is 17.2. The van der Waals surface area contributed by atoms with Gasteiger partial charge in [-0.15, -0.1) is 0 Å². The summed E-state index contributed by atoms with van der Waals surface area (Å²) in [4.78, 5) is 22.4. The van der Waals surface area contributed by atoms with Gasteiger partial charge in [-0.05, 0) is 70.6 Å². The Morgan fingerprint density at radius 1 is 1.06 bits per heavy atom. The largest absolute Gasteiger partial charge is 0.462 e. The first kappa shape index (κ1) is 33.7. The topological polar surface area (TPSA) is 114 Å². The minimum atomic E-state index is -0.975. The average molecular weight is 512 g/mol. The van der Waals surface area contributed by atoms with Crippen LogP contribution in [0.2, 0.25) is 0 Å². The molecule has 36 heavy (non-hydrogen) atoms. The Labute approximate surface area is 217 Å². The fourth-order valence-electron chi connectivity index (χ4n) is 2.63. The Morgan fingerprint density at radius 2 is 1.67 bits per heavy atom. The SMILES string of the molecule is CCC(C)(C)C(=O)OCC(O)CO.CCC(C)C(=O)NC(C)C.CCC(C)c1ccc2c(c1)OCO2. The molecule has 3 N–H and O–H groups in total. The minimum absolute atomic E-state index is 0.140. The lowest BCUT2D eigenvalue weighted by Gasteiger charge is -2.21. The normalized spacial score (nSPS) is 14.4. The van der Waals surface area contributed by atoms with Crippen LogP contribution in [0.1, 0.15) is 93.1 Å². The second-order valence-electron chi connectivity index (χ2n) is 10.1. The fraction of sp³-hybridized carbons (Fsp3) is 0.714. The molecule has 3 atom stereocenters. The minimum Gasteiger partial charge on any atom is -0.462 e. The van der Waals surface area contributed by atoms with Crippen LogP contribution in [-0.4, -0.2) is 54.2 Å². The van der Waals surface area contributed by atoms with E-state index in [1.54, 1.807) is 13.8 Å². The Balaban J connectivity index is 0.000000517. The van der Waals surface area contributed by atoms with Crippen LogP contribution in [0.3, 0.4) is 0 Å². The summed E-state index contributed by atoms with van der Waals surface area (Å²) in [7, 11) is 0. The summed E-state index contributed by atoms with van der Waals surface area (Å²) in [6, 6.07) is 6.45. The fourth-order valence-corrected chi connectivity index (χ4v) is 2.63. The van der Waals surface area contributed by atoms with E-state index >= 15 is 0 Å². The van der Waals surface area contributed by atoms with E-state index in [9.17, 15) is 9.59 Å².